The minimum atomic E-state index is -0.282. The molecule has 3 aliphatic heterocycles. The summed E-state index contributed by atoms with van der Waals surface area (Å²) in [6.45, 7) is 2.05. The van der Waals surface area contributed by atoms with Gasteiger partial charge in [0.1, 0.15) is 12.6 Å². The summed E-state index contributed by atoms with van der Waals surface area (Å²) >= 11 is 0. The van der Waals surface area contributed by atoms with E-state index in [1.54, 1.807) is 4.90 Å². The van der Waals surface area contributed by atoms with E-state index in [9.17, 15) is 9.59 Å². The van der Waals surface area contributed by atoms with Crippen molar-refractivity contribution in [2.24, 2.45) is 0 Å². The average molecular weight is 353 g/mol. The third kappa shape index (κ3) is 2.77. The normalized spacial score (nSPS) is 24.4. The van der Waals surface area contributed by atoms with Crippen LogP contribution in [-0.2, 0) is 19.7 Å². The van der Waals surface area contributed by atoms with Crippen LogP contribution in [0, 0.1) is 11.3 Å². The molecule has 1 atom stereocenters. The summed E-state index contributed by atoms with van der Waals surface area (Å²) in [5, 5.41) is 9.06. The molecule has 2 saturated heterocycles. The summed E-state index contributed by atoms with van der Waals surface area (Å²) in [5.41, 5.74) is 1.76. The molecule has 0 aromatic heterocycles. The molecule has 0 aliphatic carbocycles. The lowest BCUT2D eigenvalue weighted by atomic mass is 9.67. The summed E-state index contributed by atoms with van der Waals surface area (Å²) in [5.74, 6) is 0.100. The Morgan fingerprint density at radius 3 is 2.77 bits per heavy atom. The molecule has 6 nitrogen and oxygen atoms in total. The Bertz CT molecular complexity index is 756. The van der Waals surface area contributed by atoms with Gasteiger partial charge in [-0.15, -0.1) is 0 Å². The van der Waals surface area contributed by atoms with Gasteiger partial charge in [-0.1, -0.05) is 18.2 Å². The quantitative estimate of drug-likeness (QED) is 0.762. The molecular weight excluding hydrogens is 330 g/mol. The minimum Gasteiger partial charge on any atom is -0.368 e. The Morgan fingerprint density at radius 1 is 1.31 bits per heavy atom. The Kier molecular flexibility index (Phi) is 4.41. The predicted octanol–water partition coefficient (Wildman–Crippen LogP) is 1.99. The van der Waals surface area contributed by atoms with Crippen LogP contribution in [0.1, 0.15) is 37.7 Å². The number of carbonyl (C=O) groups is 2. The van der Waals surface area contributed by atoms with E-state index in [0.29, 0.717) is 26.1 Å². The number of para-hydroxylation sites is 1. The lowest BCUT2D eigenvalue weighted by Crippen LogP contribution is -2.52. The van der Waals surface area contributed by atoms with Gasteiger partial charge in [0, 0.05) is 37.2 Å². The number of fused-ring (bicyclic) bond motifs is 2. The maximum absolute atomic E-state index is 12.7. The highest BCUT2D eigenvalue weighted by Crippen LogP contribution is 2.47. The van der Waals surface area contributed by atoms with Gasteiger partial charge < -0.3 is 9.64 Å². The van der Waals surface area contributed by atoms with Crippen LogP contribution in [0.5, 0.6) is 0 Å². The van der Waals surface area contributed by atoms with Crippen LogP contribution in [0.3, 0.4) is 0 Å². The van der Waals surface area contributed by atoms with Crippen molar-refractivity contribution in [1.82, 2.24) is 4.90 Å². The Hall–Kier alpha value is -2.39. The van der Waals surface area contributed by atoms with Crippen LogP contribution in [-0.4, -0.2) is 49.1 Å². The Morgan fingerprint density at radius 2 is 2.08 bits per heavy atom. The zero-order chi connectivity index (χ0) is 18.1. The highest BCUT2D eigenvalue weighted by atomic mass is 16.5. The van der Waals surface area contributed by atoms with E-state index in [1.165, 1.54) is 0 Å². The molecule has 136 valence electrons. The van der Waals surface area contributed by atoms with Crippen LogP contribution in [0.25, 0.3) is 0 Å². The van der Waals surface area contributed by atoms with Crippen molar-refractivity contribution in [3.05, 3.63) is 29.8 Å². The van der Waals surface area contributed by atoms with Crippen molar-refractivity contribution >= 4 is 17.5 Å². The van der Waals surface area contributed by atoms with Gasteiger partial charge in [-0.25, -0.2) is 0 Å². The van der Waals surface area contributed by atoms with Gasteiger partial charge >= 0.3 is 0 Å². The number of amides is 2. The van der Waals surface area contributed by atoms with Crippen molar-refractivity contribution in [3.63, 3.8) is 0 Å². The predicted molar refractivity (Wildman–Crippen MR) is 95.5 cm³/mol. The summed E-state index contributed by atoms with van der Waals surface area (Å²) in [6.07, 6.45) is 3.43. The van der Waals surface area contributed by atoms with E-state index in [-0.39, 0.29) is 29.9 Å². The molecule has 0 N–H and O–H groups in total. The monoisotopic (exact) mass is 353 g/mol. The first-order valence-corrected chi connectivity index (χ1v) is 9.32. The van der Waals surface area contributed by atoms with Gasteiger partial charge in [0.2, 0.25) is 5.91 Å². The SMILES string of the molecule is N#CCN1C(=O)CC2(CCN(C(=O)[C@@H]3CCCO3)CC2)c2ccccc21. The molecule has 1 aromatic rings. The first-order chi connectivity index (χ1) is 12.6. The van der Waals surface area contributed by atoms with E-state index in [0.717, 1.165) is 36.9 Å². The first-order valence-electron chi connectivity index (χ1n) is 9.32. The van der Waals surface area contributed by atoms with Gasteiger partial charge in [0.05, 0.1) is 6.07 Å². The molecule has 0 bridgehead atoms. The molecular formula is C20H23N3O3. The van der Waals surface area contributed by atoms with Crippen LogP contribution in [0.4, 0.5) is 5.69 Å². The van der Waals surface area contributed by atoms with E-state index in [4.69, 9.17) is 10.00 Å². The van der Waals surface area contributed by atoms with E-state index < -0.39 is 0 Å². The van der Waals surface area contributed by atoms with E-state index in [2.05, 4.69) is 12.1 Å². The topological polar surface area (TPSA) is 73.6 Å². The number of ether oxygens (including phenoxy) is 1. The number of likely N-dealkylation sites (tertiary alicyclic amines) is 1. The number of nitrogens with zero attached hydrogens (tertiary/aromatic N) is 3. The smallest absolute Gasteiger partial charge is 0.251 e. The highest BCUT2D eigenvalue weighted by Gasteiger charge is 2.46. The molecule has 2 fully saturated rings. The summed E-state index contributed by atoms with van der Waals surface area (Å²) in [4.78, 5) is 28.8. The molecule has 3 aliphatic rings. The Labute approximate surface area is 153 Å². The van der Waals surface area contributed by atoms with Crippen LogP contribution >= 0.6 is 0 Å². The van der Waals surface area contributed by atoms with Crippen molar-refractivity contribution in [2.75, 3.05) is 31.1 Å². The van der Waals surface area contributed by atoms with Crippen LogP contribution in [0.2, 0.25) is 0 Å². The minimum absolute atomic E-state index is 0.00385. The van der Waals surface area contributed by atoms with E-state index >= 15 is 0 Å². The fourth-order valence-corrected chi connectivity index (χ4v) is 4.59. The van der Waals surface area contributed by atoms with Crippen molar-refractivity contribution in [2.45, 2.75) is 43.6 Å². The number of benzene rings is 1. The second-order valence-corrected chi connectivity index (χ2v) is 7.44. The second-order valence-electron chi connectivity index (χ2n) is 7.44. The number of hydrogen-bond donors (Lipinski definition) is 0. The highest BCUT2D eigenvalue weighted by molar-refractivity contribution is 5.98. The summed E-state index contributed by atoms with van der Waals surface area (Å²) in [6, 6.07) is 9.99. The van der Waals surface area contributed by atoms with Crippen molar-refractivity contribution in [1.29, 1.82) is 5.26 Å². The molecule has 1 spiro atoms. The molecule has 0 saturated carbocycles. The van der Waals surface area contributed by atoms with Crippen molar-refractivity contribution in [3.8, 4) is 6.07 Å². The van der Waals surface area contributed by atoms with Gasteiger partial charge in [-0.05, 0) is 37.3 Å². The third-order valence-electron chi connectivity index (χ3n) is 6.02. The molecule has 0 unspecified atom stereocenters. The van der Waals surface area contributed by atoms with Crippen LogP contribution < -0.4 is 4.90 Å². The zero-order valence-corrected chi connectivity index (χ0v) is 14.8. The second kappa shape index (κ2) is 6.73. The molecule has 1 aromatic carbocycles. The fraction of sp³-hybridized carbons (Fsp3) is 0.550. The van der Waals surface area contributed by atoms with Gasteiger partial charge in [0.15, 0.2) is 0 Å². The van der Waals surface area contributed by atoms with E-state index in [1.807, 2.05) is 23.1 Å². The number of piperidine rings is 1. The molecule has 2 amide bonds. The lowest BCUT2D eigenvalue weighted by molar-refractivity contribution is -0.142. The average Bonchev–Trinajstić information content (AvgIpc) is 3.20. The van der Waals surface area contributed by atoms with Crippen LogP contribution in [0.15, 0.2) is 24.3 Å². The zero-order valence-electron chi connectivity index (χ0n) is 14.8. The maximum atomic E-state index is 12.7. The number of nitriles is 1. The Balaban J connectivity index is 1.56. The summed E-state index contributed by atoms with van der Waals surface area (Å²) in [7, 11) is 0. The third-order valence-corrected chi connectivity index (χ3v) is 6.02. The van der Waals surface area contributed by atoms with Gasteiger partial charge in [-0.2, -0.15) is 5.26 Å². The molecule has 0 radical (unpaired) electrons. The molecule has 4 rings (SSSR count). The first kappa shape index (κ1) is 17.0. The largest absolute Gasteiger partial charge is 0.368 e. The number of anilines is 1. The summed E-state index contributed by atoms with van der Waals surface area (Å²) < 4.78 is 5.54. The molecule has 3 heterocycles. The van der Waals surface area contributed by atoms with Gasteiger partial charge in [0.25, 0.3) is 5.91 Å². The fourth-order valence-electron chi connectivity index (χ4n) is 4.59. The standard InChI is InChI=1S/C20H23N3O3/c21-9-12-23-16-5-2-1-4-15(16)20(14-18(23)24)7-10-22(11-8-20)19(25)17-6-3-13-26-17/h1-2,4-5,17H,3,6-8,10-14H2/t17-/m0/s1. The molecule has 26 heavy (non-hydrogen) atoms. The maximum Gasteiger partial charge on any atom is 0.251 e. The van der Waals surface area contributed by atoms with Crippen molar-refractivity contribution < 1.29 is 14.3 Å². The van der Waals surface area contributed by atoms with Gasteiger partial charge in [-0.3, -0.25) is 14.5 Å². The number of hydrogen-bond acceptors (Lipinski definition) is 4. The number of rotatable bonds is 2. The number of carbonyl (C=O) groups excluding carboxylic acids is 2. The lowest BCUT2D eigenvalue weighted by Gasteiger charge is -2.47. The molecule has 6 heteroatoms.